The van der Waals surface area contributed by atoms with Gasteiger partial charge < -0.3 is 9.84 Å². The third-order valence-corrected chi connectivity index (χ3v) is 1.72. The zero-order valence-electron chi connectivity index (χ0n) is 6.00. The second kappa shape index (κ2) is 2.67. The van der Waals surface area contributed by atoms with Gasteiger partial charge in [-0.25, -0.2) is 0 Å². The highest BCUT2D eigenvalue weighted by molar-refractivity contribution is 4.86. The fourth-order valence-electron chi connectivity index (χ4n) is 1.07. The number of rotatable bonds is 3. The third-order valence-electron chi connectivity index (χ3n) is 1.72. The summed E-state index contributed by atoms with van der Waals surface area (Å²) in [4.78, 5) is 0. The molecule has 2 heteroatoms. The Morgan fingerprint density at radius 3 is 2.56 bits per heavy atom. The number of hydrogen-bond acceptors (Lipinski definition) is 2. The van der Waals surface area contributed by atoms with Gasteiger partial charge in [0.15, 0.2) is 0 Å². The van der Waals surface area contributed by atoms with Crippen molar-refractivity contribution in [3.8, 4) is 0 Å². The van der Waals surface area contributed by atoms with Crippen molar-refractivity contribution in [2.24, 2.45) is 0 Å². The Morgan fingerprint density at radius 1 is 1.67 bits per heavy atom. The second-order valence-corrected chi connectivity index (χ2v) is 2.66. The molecule has 0 aromatic heterocycles. The molecule has 3 atom stereocenters. The van der Waals surface area contributed by atoms with E-state index in [0.29, 0.717) is 6.10 Å². The molecule has 9 heavy (non-hydrogen) atoms. The van der Waals surface area contributed by atoms with Gasteiger partial charge >= 0.3 is 0 Å². The van der Waals surface area contributed by atoms with Crippen LogP contribution in [0.25, 0.3) is 0 Å². The summed E-state index contributed by atoms with van der Waals surface area (Å²) in [5.74, 6) is 0. The summed E-state index contributed by atoms with van der Waals surface area (Å²) in [7, 11) is 0. The summed E-state index contributed by atoms with van der Waals surface area (Å²) in [5.41, 5.74) is 0. The highest BCUT2D eigenvalue weighted by Crippen LogP contribution is 2.26. The molecule has 3 unspecified atom stereocenters. The Kier molecular flexibility index (Phi) is 2.09. The normalized spacial score (nSPS) is 36.3. The zero-order valence-corrected chi connectivity index (χ0v) is 6.00. The lowest BCUT2D eigenvalue weighted by molar-refractivity contribution is 0.126. The molecule has 1 aliphatic heterocycles. The van der Waals surface area contributed by atoms with Crippen molar-refractivity contribution in [2.75, 3.05) is 0 Å². The van der Waals surface area contributed by atoms with Crippen LogP contribution in [0.15, 0.2) is 0 Å². The van der Waals surface area contributed by atoms with E-state index >= 15 is 0 Å². The number of aliphatic hydroxyl groups is 1. The van der Waals surface area contributed by atoms with Gasteiger partial charge in [-0.05, 0) is 13.3 Å². The minimum atomic E-state index is -0.218. The standard InChI is InChI=1S/C7H14O2/c1-3-4-6(8)7-5(2)9-7/h5-8H,3-4H2,1-2H3. The van der Waals surface area contributed by atoms with Crippen molar-refractivity contribution in [3.63, 3.8) is 0 Å². The van der Waals surface area contributed by atoms with Crippen LogP contribution in [0, 0.1) is 0 Å². The van der Waals surface area contributed by atoms with Gasteiger partial charge in [0.05, 0.1) is 12.2 Å². The number of ether oxygens (including phenoxy) is 1. The van der Waals surface area contributed by atoms with E-state index in [1.54, 1.807) is 0 Å². The fourth-order valence-corrected chi connectivity index (χ4v) is 1.07. The smallest absolute Gasteiger partial charge is 0.110 e. The summed E-state index contributed by atoms with van der Waals surface area (Å²) in [6.45, 7) is 4.06. The lowest BCUT2D eigenvalue weighted by atomic mass is 10.1. The molecule has 54 valence electrons. The average Bonchev–Trinajstić information content (AvgIpc) is 2.47. The lowest BCUT2D eigenvalue weighted by Gasteiger charge is -2.02. The average molecular weight is 130 g/mol. The highest BCUT2D eigenvalue weighted by Gasteiger charge is 2.39. The van der Waals surface area contributed by atoms with E-state index in [0.717, 1.165) is 12.8 Å². The summed E-state index contributed by atoms with van der Waals surface area (Å²) < 4.78 is 5.08. The first-order valence-corrected chi connectivity index (χ1v) is 3.59. The Balaban J connectivity index is 2.11. The molecule has 0 saturated carbocycles. The number of hydrogen-bond donors (Lipinski definition) is 1. The van der Waals surface area contributed by atoms with Gasteiger partial charge in [-0.15, -0.1) is 0 Å². The molecule has 0 aromatic rings. The largest absolute Gasteiger partial charge is 0.390 e. The van der Waals surface area contributed by atoms with Crippen molar-refractivity contribution in [3.05, 3.63) is 0 Å². The molecular formula is C7H14O2. The Bertz CT molecular complexity index is 92.9. The minimum absolute atomic E-state index is 0.143. The Labute approximate surface area is 55.8 Å². The Hall–Kier alpha value is -0.0800. The van der Waals surface area contributed by atoms with Crippen LogP contribution in [-0.4, -0.2) is 23.4 Å². The minimum Gasteiger partial charge on any atom is -0.390 e. The van der Waals surface area contributed by atoms with Gasteiger partial charge in [0.2, 0.25) is 0 Å². The molecule has 0 aromatic carbocycles. The highest BCUT2D eigenvalue weighted by atomic mass is 16.6. The molecule has 0 aliphatic carbocycles. The summed E-state index contributed by atoms with van der Waals surface area (Å²) in [6, 6.07) is 0. The quantitative estimate of drug-likeness (QED) is 0.576. The molecule has 1 rings (SSSR count). The maximum Gasteiger partial charge on any atom is 0.110 e. The van der Waals surface area contributed by atoms with Crippen LogP contribution in [0.5, 0.6) is 0 Å². The van der Waals surface area contributed by atoms with E-state index < -0.39 is 0 Å². The molecule has 0 radical (unpaired) electrons. The molecule has 0 bridgehead atoms. The van der Waals surface area contributed by atoms with Gasteiger partial charge in [-0.3, -0.25) is 0 Å². The van der Waals surface area contributed by atoms with Crippen LogP contribution in [0.3, 0.4) is 0 Å². The first-order chi connectivity index (χ1) is 4.25. The lowest BCUT2D eigenvalue weighted by Crippen LogP contribution is -2.15. The summed E-state index contributed by atoms with van der Waals surface area (Å²) >= 11 is 0. The summed E-state index contributed by atoms with van der Waals surface area (Å²) in [5, 5.41) is 9.23. The van der Waals surface area contributed by atoms with Crippen LogP contribution in [-0.2, 0) is 4.74 Å². The number of aliphatic hydroxyl groups excluding tert-OH is 1. The van der Waals surface area contributed by atoms with Crippen molar-refractivity contribution in [1.29, 1.82) is 0 Å². The topological polar surface area (TPSA) is 32.8 Å². The fraction of sp³-hybridized carbons (Fsp3) is 1.00. The first-order valence-electron chi connectivity index (χ1n) is 3.59. The number of epoxide rings is 1. The van der Waals surface area contributed by atoms with Crippen LogP contribution < -0.4 is 0 Å². The predicted octanol–water partition coefficient (Wildman–Crippen LogP) is 0.935. The molecule has 1 saturated heterocycles. The van der Waals surface area contributed by atoms with Crippen molar-refractivity contribution in [1.82, 2.24) is 0 Å². The second-order valence-electron chi connectivity index (χ2n) is 2.66. The molecule has 1 aliphatic rings. The molecule has 2 nitrogen and oxygen atoms in total. The van der Waals surface area contributed by atoms with Crippen molar-refractivity contribution >= 4 is 0 Å². The van der Waals surface area contributed by atoms with E-state index in [2.05, 4.69) is 6.92 Å². The van der Waals surface area contributed by atoms with Gasteiger partial charge in [0.1, 0.15) is 6.10 Å². The predicted molar refractivity (Wildman–Crippen MR) is 35.2 cm³/mol. The maximum atomic E-state index is 9.23. The third kappa shape index (κ3) is 1.66. The van der Waals surface area contributed by atoms with E-state index in [1.807, 2.05) is 6.92 Å². The summed E-state index contributed by atoms with van der Waals surface area (Å²) in [6.07, 6.45) is 2.13. The van der Waals surface area contributed by atoms with E-state index in [1.165, 1.54) is 0 Å². The van der Waals surface area contributed by atoms with Gasteiger partial charge in [-0.2, -0.15) is 0 Å². The van der Waals surface area contributed by atoms with E-state index in [4.69, 9.17) is 4.74 Å². The van der Waals surface area contributed by atoms with Crippen LogP contribution in [0.2, 0.25) is 0 Å². The van der Waals surface area contributed by atoms with Crippen LogP contribution in [0.4, 0.5) is 0 Å². The van der Waals surface area contributed by atoms with E-state index in [9.17, 15) is 5.11 Å². The monoisotopic (exact) mass is 130 g/mol. The van der Waals surface area contributed by atoms with Crippen LogP contribution >= 0.6 is 0 Å². The molecule has 1 N–H and O–H groups in total. The van der Waals surface area contributed by atoms with Gasteiger partial charge in [-0.1, -0.05) is 13.3 Å². The maximum absolute atomic E-state index is 9.23. The van der Waals surface area contributed by atoms with Crippen molar-refractivity contribution < 1.29 is 9.84 Å². The van der Waals surface area contributed by atoms with E-state index in [-0.39, 0.29) is 12.2 Å². The molecule has 0 amide bonds. The van der Waals surface area contributed by atoms with Gasteiger partial charge in [0, 0.05) is 0 Å². The van der Waals surface area contributed by atoms with Gasteiger partial charge in [0.25, 0.3) is 0 Å². The molecule has 0 spiro atoms. The first kappa shape index (κ1) is 7.03. The molecule has 1 heterocycles. The molecular weight excluding hydrogens is 116 g/mol. The Morgan fingerprint density at radius 2 is 2.22 bits per heavy atom. The zero-order chi connectivity index (χ0) is 6.85. The van der Waals surface area contributed by atoms with Crippen molar-refractivity contribution in [2.45, 2.75) is 45.0 Å². The SMILES string of the molecule is CCCC(O)C1OC1C. The van der Waals surface area contributed by atoms with Crippen LogP contribution in [0.1, 0.15) is 26.7 Å². The molecule has 1 fully saturated rings.